The van der Waals surface area contributed by atoms with Crippen LogP contribution in [0.15, 0.2) is 16.6 Å². The maximum absolute atomic E-state index is 5.77. The normalized spacial score (nSPS) is 21.7. The fraction of sp³-hybridized carbons (Fsp3) is 0.500. The first-order valence-electron chi connectivity index (χ1n) is 5.27. The van der Waals surface area contributed by atoms with Crippen molar-refractivity contribution in [1.82, 2.24) is 5.32 Å². The average molecular weight is 270 g/mol. The van der Waals surface area contributed by atoms with Crippen LogP contribution >= 0.6 is 15.9 Å². The van der Waals surface area contributed by atoms with Gasteiger partial charge in [-0.2, -0.15) is 0 Å². The third-order valence-corrected chi connectivity index (χ3v) is 3.63. The Morgan fingerprint density at radius 1 is 1.40 bits per heavy atom. The quantitative estimate of drug-likeness (QED) is 0.847. The number of ether oxygens (including phenoxy) is 1. The highest BCUT2D eigenvalue weighted by Crippen LogP contribution is 2.28. The van der Waals surface area contributed by atoms with E-state index in [1.807, 2.05) is 0 Å². The van der Waals surface area contributed by atoms with Crippen LogP contribution in [-0.4, -0.2) is 19.7 Å². The molecule has 1 aromatic carbocycles. The molecule has 0 amide bonds. The molecule has 1 saturated heterocycles. The second-order valence-corrected chi connectivity index (χ2v) is 4.88. The van der Waals surface area contributed by atoms with E-state index in [-0.39, 0.29) is 6.10 Å². The number of morpholine rings is 1. The Morgan fingerprint density at radius 3 is 2.87 bits per heavy atom. The van der Waals surface area contributed by atoms with Crippen molar-refractivity contribution in [2.45, 2.75) is 20.0 Å². The molecule has 15 heavy (non-hydrogen) atoms. The van der Waals surface area contributed by atoms with Gasteiger partial charge < -0.3 is 10.1 Å². The number of halogens is 1. The Labute approximate surface area is 99.1 Å². The van der Waals surface area contributed by atoms with E-state index >= 15 is 0 Å². The number of rotatable bonds is 1. The Balaban J connectivity index is 2.33. The lowest BCUT2D eigenvalue weighted by molar-refractivity contribution is 0.0272. The summed E-state index contributed by atoms with van der Waals surface area (Å²) in [7, 11) is 0. The Kier molecular flexibility index (Phi) is 3.44. The molecular formula is C12H16BrNO. The van der Waals surface area contributed by atoms with Gasteiger partial charge in [0.1, 0.15) is 0 Å². The maximum Gasteiger partial charge on any atom is 0.0952 e. The van der Waals surface area contributed by atoms with E-state index in [0.29, 0.717) is 0 Å². The average Bonchev–Trinajstić information content (AvgIpc) is 2.24. The van der Waals surface area contributed by atoms with Gasteiger partial charge in [-0.15, -0.1) is 0 Å². The van der Waals surface area contributed by atoms with Gasteiger partial charge in [0, 0.05) is 17.6 Å². The molecule has 0 aromatic heterocycles. The molecule has 1 aromatic rings. The summed E-state index contributed by atoms with van der Waals surface area (Å²) in [6, 6.07) is 4.37. The summed E-state index contributed by atoms with van der Waals surface area (Å²) < 4.78 is 6.94. The van der Waals surface area contributed by atoms with Gasteiger partial charge in [-0.25, -0.2) is 0 Å². The highest BCUT2D eigenvalue weighted by molar-refractivity contribution is 9.10. The largest absolute Gasteiger partial charge is 0.371 e. The standard InChI is InChI=1S/C12H16BrNO/c1-8-5-10(9(2)11(13)6-8)12-7-14-3-4-15-12/h5-6,12,14H,3-4,7H2,1-2H3. The van der Waals surface area contributed by atoms with Crippen molar-refractivity contribution in [2.24, 2.45) is 0 Å². The number of aryl methyl sites for hydroxylation is 1. The highest BCUT2D eigenvalue weighted by atomic mass is 79.9. The number of hydrogen-bond acceptors (Lipinski definition) is 2. The second-order valence-electron chi connectivity index (χ2n) is 4.02. The Hall–Kier alpha value is -0.380. The molecule has 0 saturated carbocycles. The summed E-state index contributed by atoms with van der Waals surface area (Å²) in [5.74, 6) is 0. The monoisotopic (exact) mass is 269 g/mol. The van der Waals surface area contributed by atoms with Crippen LogP contribution in [0.2, 0.25) is 0 Å². The molecule has 1 N–H and O–H groups in total. The van der Waals surface area contributed by atoms with Crippen molar-refractivity contribution in [3.05, 3.63) is 33.3 Å². The van der Waals surface area contributed by atoms with Gasteiger partial charge in [0.05, 0.1) is 12.7 Å². The van der Waals surface area contributed by atoms with Crippen molar-refractivity contribution in [3.63, 3.8) is 0 Å². The minimum absolute atomic E-state index is 0.204. The topological polar surface area (TPSA) is 21.3 Å². The van der Waals surface area contributed by atoms with Gasteiger partial charge in [-0.05, 0) is 36.6 Å². The van der Waals surface area contributed by atoms with Crippen LogP contribution in [0.4, 0.5) is 0 Å². The molecule has 1 heterocycles. The fourth-order valence-corrected chi connectivity index (χ4v) is 2.53. The van der Waals surface area contributed by atoms with Gasteiger partial charge >= 0.3 is 0 Å². The van der Waals surface area contributed by atoms with Crippen molar-refractivity contribution in [1.29, 1.82) is 0 Å². The lowest BCUT2D eigenvalue weighted by atomic mass is 10.00. The van der Waals surface area contributed by atoms with Crippen LogP contribution in [0.3, 0.4) is 0 Å². The van der Waals surface area contributed by atoms with Crippen LogP contribution in [-0.2, 0) is 4.74 Å². The zero-order valence-corrected chi connectivity index (χ0v) is 10.7. The molecule has 1 atom stereocenters. The first kappa shape index (κ1) is 11.1. The predicted octanol–water partition coefficient (Wildman–Crippen LogP) is 2.73. The lowest BCUT2D eigenvalue weighted by Crippen LogP contribution is -2.33. The van der Waals surface area contributed by atoms with Crippen molar-refractivity contribution in [3.8, 4) is 0 Å². The number of benzene rings is 1. The third-order valence-electron chi connectivity index (χ3n) is 2.80. The summed E-state index contributed by atoms with van der Waals surface area (Å²) in [5.41, 5.74) is 3.86. The molecule has 1 aliphatic rings. The van der Waals surface area contributed by atoms with E-state index in [0.717, 1.165) is 19.7 Å². The summed E-state index contributed by atoms with van der Waals surface area (Å²) >= 11 is 3.59. The Bertz CT molecular complexity index is 359. The molecule has 0 aliphatic carbocycles. The van der Waals surface area contributed by atoms with E-state index in [2.05, 4.69) is 47.2 Å². The Morgan fingerprint density at radius 2 is 2.20 bits per heavy atom. The van der Waals surface area contributed by atoms with Crippen LogP contribution in [0.25, 0.3) is 0 Å². The summed E-state index contributed by atoms with van der Waals surface area (Å²) in [6.07, 6.45) is 0.204. The molecule has 1 unspecified atom stereocenters. The molecule has 82 valence electrons. The highest BCUT2D eigenvalue weighted by Gasteiger charge is 2.18. The number of hydrogen-bond donors (Lipinski definition) is 1. The fourth-order valence-electron chi connectivity index (χ4n) is 1.94. The SMILES string of the molecule is Cc1cc(Br)c(C)c(C2CNCCO2)c1. The second kappa shape index (κ2) is 4.64. The van der Waals surface area contributed by atoms with Crippen molar-refractivity contribution < 1.29 is 4.74 Å². The van der Waals surface area contributed by atoms with Gasteiger partial charge in [-0.1, -0.05) is 22.0 Å². The first-order valence-corrected chi connectivity index (χ1v) is 6.07. The van der Waals surface area contributed by atoms with Crippen LogP contribution in [0.1, 0.15) is 22.8 Å². The predicted molar refractivity (Wildman–Crippen MR) is 65.2 cm³/mol. The third kappa shape index (κ3) is 2.41. The maximum atomic E-state index is 5.77. The van der Waals surface area contributed by atoms with Gasteiger partial charge in [0.25, 0.3) is 0 Å². The summed E-state index contributed by atoms with van der Waals surface area (Å²) in [5, 5.41) is 3.36. The van der Waals surface area contributed by atoms with E-state index < -0.39 is 0 Å². The number of nitrogens with one attached hydrogen (secondary N) is 1. The molecule has 1 fully saturated rings. The van der Waals surface area contributed by atoms with E-state index in [4.69, 9.17) is 4.74 Å². The summed E-state index contributed by atoms with van der Waals surface area (Å²) in [6.45, 7) is 6.93. The van der Waals surface area contributed by atoms with E-state index in [1.165, 1.54) is 21.2 Å². The lowest BCUT2D eigenvalue weighted by Gasteiger charge is -2.26. The van der Waals surface area contributed by atoms with Crippen LogP contribution in [0, 0.1) is 13.8 Å². The smallest absolute Gasteiger partial charge is 0.0952 e. The molecule has 1 aliphatic heterocycles. The first-order chi connectivity index (χ1) is 7.18. The van der Waals surface area contributed by atoms with Crippen LogP contribution < -0.4 is 5.32 Å². The zero-order chi connectivity index (χ0) is 10.8. The van der Waals surface area contributed by atoms with E-state index in [1.54, 1.807) is 0 Å². The van der Waals surface area contributed by atoms with Crippen molar-refractivity contribution >= 4 is 15.9 Å². The van der Waals surface area contributed by atoms with Gasteiger partial charge in [0.15, 0.2) is 0 Å². The summed E-state index contributed by atoms with van der Waals surface area (Å²) in [4.78, 5) is 0. The van der Waals surface area contributed by atoms with E-state index in [9.17, 15) is 0 Å². The minimum Gasteiger partial charge on any atom is -0.371 e. The van der Waals surface area contributed by atoms with Crippen LogP contribution in [0.5, 0.6) is 0 Å². The molecular weight excluding hydrogens is 254 g/mol. The van der Waals surface area contributed by atoms with Crippen molar-refractivity contribution in [2.75, 3.05) is 19.7 Å². The molecule has 2 rings (SSSR count). The minimum atomic E-state index is 0.204. The molecule has 0 radical (unpaired) electrons. The molecule has 3 heteroatoms. The van der Waals surface area contributed by atoms with Gasteiger partial charge in [-0.3, -0.25) is 0 Å². The zero-order valence-electron chi connectivity index (χ0n) is 9.14. The van der Waals surface area contributed by atoms with Gasteiger partial charge in [0.2, 0.25) is 0 Å². The molecule has 0 spiro atoms. The molecule has 2 nitrogen and oxygen atoms in total. The molecule has 0 bridgehead atoms.